The molecule has 2 aromatic heterocycles. The Labute approximate surface area is 138 Å². The lowest BCUT2D eigenvalue weighted by Crippen LogP contribution is -2.42. The zero-order valence-electron chi connectivity index (χ0n) is 13.0. The second-order valence-corrected chi connectivity index (χ2v) is 5.30. The lowest BCUT2D eigenvalue weighted by Gasteiger charge is -2.29. The van der Waals surface area contributed by atoms with Crippen LogP contribution in [0.4, 0.5) is 0 Å². The number of hydrogen-bond donors (Lipinski definition) is 1. The van der Waals surface area contributed by atoms with Crippen LogP contribution in [0.25, 0.3) is 11.2 Å². The number of rotatable bonds is 2. The molecule has 3 heterocycles. The Balaban J connectivity index is 0.00000192. The fourth-order valence-electron chi connectivity index (χ4n) is 2.61. The van der Waals surface area contributed by atoms with Crippen molar-refractivity contribution in [2.45, 2.75) is 6.54 Å². The molecule has 126 valence electrons. The fourth-order valence-corrected chi connectivity index (χ4v) is 2.61. The molecule has 1 aliphatic heterocycles. The average Bonchev–Trinajstić information content (AvgIpc) is 2.95. The predicted octanol–water partition coefficient (Wildman–Crippen LogP) is -0.835. The lowest BCUT2D eigenvalue weighted by molar-refractivity contribution is 0.0666. The first-order valence-corrected chi connectivity index (χ1v) is 7.01. The van der Waals surface area contributed by atoms with Crippen molar-refractivity contribution in [3.8, 4) is 0 Å². The molecule has 0 aliphatic carbocycles. The van der Waals surface area contributed by atoms with Gasteiger partial charge in [0.15, 0.2) is 11.2 Å². The highest BCUT2D eigenvalue weighted by molar-refractivity contribution is 5.85. The summed E-state index contributed by atoms with van der Waals surface area (Å²) in [5, 5.41) is 8.20. The normalized spacial score (nSPS) is 14.8. The minimum Gasteiger partial charge on any atom is -0.378 e. The number of ether oxygens (including phenoxy) is 1. The maximum absolute atomic E-state index is 12.3. The molecule has 0 atom stereocenters. The van der Waals surface area contributed by atoms with Gasteiger partial charge in [-0.3, -0.25) is 19.3 Å². The average molecular weight is 343 g/mol. The smallest absolute Gasteiger partial charge is 0.332 e. The Hall–Kier alpha value is -2.13. The zero-order chi connectivity index (χ0) is 15.9. The molecule has 9 nitrogen and oxygen atoms in total. The van der Waals surface area contributed by atoms with Crippen molar-refractivity contribution >= 4 is 29.4 Å². The minimum atomic E-state index is -0.411. The van der Waals surface area contributed by atoms with Gasteiger partial charge in [0.1, 0.15) is 5.84 Å². The third-order valence-corrected chi connectivity index (χ3v) is 3.93. The highest BCUT2D eigenvalue weighted by Crippen LogP contribution is 2.07. The van der Waals surface area contributed by atoms with Gasteiger partial charge in [0.25, 0.3) is 5.56 Å². The molecule has 0 unspecified atom stereocenters. The molecule has 1 saturated heterocycles. The van der Waals surface area contributed by atoms with Crippen LogP contribution in [0.15, 0.2) is 15.9 Å². The standard InChI is InChI=1S/C13H18N6O3.ClH/c1-16-11-10(12(20)17(2)13(16)21)19(8-15-11)7-9(14)18-3-5-22-6-4-18;/h8,14H,3-7H2,1-2H3;1H. The summed E-state index contributed by atoms with van der Waals surface area (Å²) in [5.74, 6) is 0.401. The van der Waals surface area contributed by atoms with Crippen LogP contribution in [0.1, 0.15) is 0 Å². The Morgan fingerprint density at radius 1 is 1.26 bits per heavy atom. The van der Waals surface area contributed by atoms with Crippen LogP contribution >= 0.6 is 12.4 Å². The van der Waals surface area contributed by atoms with E-state index in [4.69, 9.17) is 10.1 Å². The Morgan fingerprint density at radius 3 is 2.57 bits per heavy atom. The molecule has 1 aliphatic rings. The van der Waals surface area contributed by atoms with Crippen molar-refractivity contribution in [1.29, 1.82) is 5.41 Å². The van der Waals surface area contributed by atoms with Crippen molar-refractivity contribution in [2.75, 3.05) is 26.3 Å². The second kappa shape index (κ2) is 6.55. The third kappa shape index (κ3) is 2.89. The Morgan fingerprint density at radius 2 is 1.91 bits per heavy atom. The maximum atomic E-state index is 12.3. The van der Waals surface area contributed by atoms with Crippen molar-refractivity contribution in [2.24, 2.45) is 14.1 Å². The third-order valence-electron chi connectivity index (χ3n) is 3.93. The van der Waals surface area contributed by atoms with Gasteiger partial charge in [-0.2, -0.15) is 0 Å². The van der Waals surface area contributed by atoms with Gasteiger partial charge in [0.2, 0.25) is 0 Å². The van der Waals surface area contributed by atoms with Crippen LogP contribution in [-0.4, -0.2) is 55.7 Å². The van der Waals surface area contributed by atoms with Gasteiger partial charge in [-0.15, -0.1) is 12.4 Å². The molecule has 23 heavy (non-hydrogen) atoms. The summed E-state index contributed by atoms with van der Waals surface area (Å²) in [7, 11) is 3.02. The molecule has 1 fully saturated rings. The molecule has 0 radical (unpaired) electrons. The fraction of sp³-hybridized carbons (Fsp3) is 0.538. The molecule has 0 aromatic carbocycles. The molecule has 2 aromatic rings. The number of halogens is 1. The summed E-state index contributed by atoms with van der Waals surface area (Å²) < 4.78 is 9.28. The van der Waals surface area contributed by atoms with Crippen molar-refractivity contribution in [3.05, 3.63) is 27.2 Å². The Bertz CT molecular complexity index is 846. The number of fused-ring (bicyclic) bond motifs is 1. The second-order valence-electron chi connectivity index (χ2n) is 5.30. The summed E-state index contributed by atoms with van der Waals surface area (Å²) >= 11 is 0. The summed E-state index contributed by atoms with van der Waals surface area (Å²) in [6.45, 7) is 2.78. The summed E-state index contributed by atoms with van der Waals surface area (Å²) in [4.78, 5) is 30.3. The first kappa shape index (κ1) is 17.2. The van der Waals surface area contributed by atoms with Crippen LogP contribution in [0.5, 0.6) is 0 Å². The molecule has 0 amide bonds. The number of nitrogens with one attached hydrogen (secondary N) is 1. The van der Waals surface area contributed by atoms with E-state index in [1.54, 1.807) is 11.6 Å². The first-order valence-electron chi connectivity index (χ1n) is 7.01. The SMILES string of the molecule is Cl.Cn1c(=O)c2c(ncn2CC(=N)N2CCOCC2)n(C)c1=O. The number of aromatic nitrogens is 4. The van der Waals surface area contributed by atoms with Gasteiger partial charge in [0, 0.05) is 27.2 Å². The molecular formula is C13H19ClN6O3. The van der Waals surface area contributed by atoms with Gasteiger partial charge in [-0.05, 0) is 0 Å². The van der Waals surface area contributed by atoms with E-state index in [0.29, 0.717) is 43.3 Å². The van der Waals surface area contributed by atoms with E-state index in [9.17, 15) is 9.59 Å². The number of nitrogens with zero attached hydrogens (tertiary/aromatic N) is 5. The predicted molar refractivity (Wildman–Crippen MR) is 87.6 cm³/mol. The van der Waals surface area contributed by atoms with Crippen molar-refractivity contribution < 1.29 is 4.74 Å². The molecule has 0 saturated carbocycles. The summed E-state index contributed by atoms with van der Waals surface area (Å²) in [6, 6.07) is 0. The molecule has 10 heteroatoms. The number of aryl methyl sites for hydroxylation is 1. The quantitative estimate of drug-likeness (QED) is 0.567. The first-order chi connectivity index (χ1) is 10.5. The topological polar surface area (TPSA) is 98.1 Å². The summed E-state index contributed by atoms with van der Waals surface area (Å²) in [6.07, 6.45) is 1.50. The minimum absolute atomic E-state index is 0. The van der Waals surface area contributed by atoms with E-state index < -0.39 is 11.2 Å². The van der Waals surface area contributed by atoms with Gasteiger partial charge in [-0.1, -0.05) is 0 Å². The van der Waals surface area contributed by atoms with Gasteiger partial charge >= 0.3 is 5.69 Å². The molecule has 0 bridgehead atoms. The van der Waals surface area contributed by atoms with E-state index in [1.165, 1.54) is 17.9 Å². The van der Waals surface area contributed by atoms with Gasteiger partial charge in [-0.25, -0.2) is 9.78 Å². The number of amidine groups is 1. The van der Waals surface area contributed by atoms with Crippen molar-refractivity contribution in [3.63, 3.8) is 0 Å². The van der Waals surface area contributed by atoms with Crippen LogP contribution in [-0.2, 0) is 25.4 Å². The van der Waals surface area contributed by atoms with Crippen LogP contribution in [0.2, 0.25) is 0 Å². The van der Waals surface area contributed by atoms with E-state index in [1.807, 2.05) is 4.90 Å². The number of hydrogen-bond acceptors (Lipinski definition) is 5. The van der Waals surface area contributed by atoms with Gasteiger partial charge in [0.05, 0.1) is 26.1 Å². The van der Waals surface area contributed by atoms with Gasteiger partial charge < -0.3 is 14.2 Å². The van der Waals surface area contributed by atoms with E-state index >= 15 is 0 Å². The van der Waals surface area contributed by atoms with Crippen LogP contribution in [0, 0.1) is 5.41 Å². The molecular weight excluding hydrogens is 324 g/mol. The van der Waals surface area contributed by atoms with Crippen LogP contribution < -0.4 is 11.2 Å². The lowest BCUT2D eigenvalue weighted by atomic mass is 10.3. The maximum Gasteiger partial charge on any atom is 0.332 e. The Kier molecular flexibility index (Phi) is 4.90. The highest BCUT2D eigenvalue weighted by Gasteiger charge is 2.18. The summed E-state index contributed by atoms with van der Waals surface area (Å²) in [5.41, 5.74) is -0.137. The van der Waals surface area contributed by atoms with Crippen LogP contribution in [0.3, 0.4) is 0 Å². The number of morpholine rings is 1. The zero-order valence-corrected chi connectivity index (χ0v) is 13.8. The highest BCUT2D eigenvalue weighted by atomic mass is 35.5. The number of imidazole rings is 1. The van der Waals surface area contributed by atoms with E-state index in [2.05, 4.69) is 4.98 Å². The molecule has 0 spiro atoms. The largest absolute Gasteiger partial charge is 0.378 e. The van der Waals surface area contributed by atoms with E-state index in [-0.39, 0.29) is 19.0 Å². The monoisotopic (exact) mass is 342 g/mol. The molecule has 3 rings (SSSR count). The molecule has 1 N–H and O–H groups in total. The van der Waals surface area contributed by atoms with Crippen molar-refractivity contribution in [1.82, 2.24) is 23.6 Å². The van der Waals surface area contributed by atoms with E-state index in [0.717, 1.165) is 4.57 Å².